The molecule has 9 rings (SSSR count). The number of nitrogens with one attached hydrogen (secondary N) is 1. The largest absolute Gasteiger partial charge is 0.282 e. The highest BCUT2D eigenvalue weighted by molar-refractivity contribution is 7.21. The van der Waals surface area contributed by atoms with Gasteiger partial charge in [-0.25, -0.2) is 4.99 Å². The molecule has 0 amide bonds. The average Bonchev–Trinajstić information content (AvgIpc) is 3.63. The molecule has 0 atom stereocenters. The molecule has 1 heterocycles. The van der Waals surface area contributed by atoms with Gasteiger partial charge in [-0.3, -0.25) is 5.41 Å². The van der Waals surface area contributed by atoms with Crippen LogP contribution in [0, 0.1) is 5.41 Å². The van der Waals surface area contributed by atoms with Gasteiger partial charge in [-0.2, -0.15) is 0 Å². The van der Waals surface area contributed by atoms with E-state index in [2.05, 4.69) is 152 Å². The van der Waals surface area contributed by atoms with E-state index in [0.29, 0.717) is 0 Å². The van der Waals surface area contributed by atoms with Crippen LogP contribution in [0.3, 0.4) is 0 Å². The number of hydrogen-bond donors (Lipinski definition) is 1. The van der Waals surface area contributed by atoms with Crippen molar-refractivity contribution < 1.29 is 0 Å². The lowest BCUT2D eigenvalue weighted by Crippen LogP contribution is -2.02. The zero-order chi connectivity index (χ0) is 34.1. The van der Waals surface area contributed by atoms with E-state index in [1.165, 1.54) is 59.1 Å². The van der Waals surface area contributed by atoms with Crippen molar-refractivity contribution in [3.63, 3.8) is 0 Å². The summed E-state index contributed by atoms with van der Waals surface area (Å²) in [6.45, 7) is 0. The summed E-state index contributed by atoms with van der Waals surface area (Å²) in [6.07, 6.45) is 4.12. The number of benzene rings is 8. The van der Waals surface area contributed by atoms with Crippen LogP contribution in [-0.4, -0.2) is 11.5 Å². The zero-order valence-corrected chi connectivity index (χ0v) is 28.6. The van der Waals surface area contributed by atoms with Gasteiger partial charge in [0.1, 0.15) is 0 Å². The average molecular weight is 669 g/mol. The molecule has 0 aliphatic heterocycles. The lowest BCUT2D eigenvalue weighted by Gasteiger charge is -2.14. The Bertz CT molecular complexity index is 2750. The summed E-state index contributed by atoms with van der Waals surface area (Å²) in [7, 11) is 0. The van der Waals surface area contributed by atoms with E-state index in [4.69, 9.17) is 10.4 Å². The summed E-state index contributed by atoms with van der Waals surface area (Å²) >= 11 is 1.70. The Labute approximate surface area is 300 Å². The molecule has 2 nitrogen and oxygen atoms in total. The van der Waals surface area contributed by atoms with Crippen LogP contribution in [0.15, 0.2) is 187 Å². The highest BCUT2D eigenvalue weighted by Crippen LogP contribution is 2.40. The summed E-state index contributed by atoms with van der Waals surface area (Å²) in [5, 5.41) is 17.5. The van der Waals surface area contributed by atoms with Gasteiger partial charge in [0.15, 0.2) is 5.84 Å². The van der Waals surface area contributed by atoms with Gasteiger partial charge in [0, 0.05) is 10.3 Å². The third-order valence-corrected chi connectivity index (χ3v) is 10.7. The molecule has 0 unspecified atom stereocenters. The second-order valence-electron chi connectivity index (χ2n) is 12.7. The van der Waals surface area contributed by atoms with E-state index in [-0.39, 0.29) is 5.84 Å². The van der Waals surface area contributed by atoms with Gasteiger partial charge in [-0.15, -0.1) is 11.3 Å². The van der Waals surface area contributed by atoms with Gasteiger partial charge in [-0.1, -0.05) is 164 Å². The van der Waals surface area contributed by atoms with Crippen LogP contribution in [0.1, 0.15) is 16.0 Å². The molecule has 0 spiro atoms. The highest BCUT2D eigenvalue weighted by Gasteiger charge is 2.13. The number of hydrogen-bond acceptors (Lipinski definition) is 2. The molecule has 0 saturated heterocycles. The maximum atomic E-state index is 8.72. The van der Waals surface area contributed by atoms with Crippen molar-refractivity contribution in [3.8, 4) is 22.3 Å². The maximum absolute atomic E-state index is 8.72. The molecule has 0 radical (unpaired) electrons. The second-order valence-corrected chi connectivity index (χ2v) is 13.8. The number of amidine groups is 1. The zero-order valence-electron chi connectivity index (χ0n) is 27.8. The van der Waals surface area contributed by atoms with Crippen LogP contribution in [0.2, 0.25) is 0 Å². The van der Waals surface area contributed by atoms with Gasteiger partial charge in [0.25, 0.3) is 0 Å². The Morgan fingerprint density at radius 2 is 1.12 bits per heavy atom. The number of thiophene rings is 1. The molecule has 0 aliphatic rings. The Kier molecular flexibility index (Phi) is 7.88. The van der Waals surface area contributed by atoms with Crippen LogP contribution in [0.25, 0.3) is 70.7 Å². The van der Waals surface area contributed by atoms with E-state index in [9.17, 15) is 0 Å². The molecule has 8 aromatic carbocycles. The Morgan fingerprint density at radius 1 is 0.490 bits per heavy atom. The normalized spacial score (nSPS) is 12.0. The molecular formula is C48H32N2S. The fourth-order valence-electron chi connectivity index (χ4n) is 6.99. The number of aliphatic imine (C=N–C) groups is 1. The molecule has 3 heteroatoms. The quantitative estimate of drug-likeness (QED) is 0.0792. The van der Waals surface area contributed by atoms with E-state index in [0.717, 1.165) is 27.3 Å². The summed E-state index contributed by atoms with van der Waals surface area (Å²) in [5.41, 5.74) is 7.47. The molecule has 1 aromatic heterocycles. The molecule has 240 valence electrons. The monoisotopic (exact) mass is 668 g/mol. The predicted molar refractivity (Wildman–Crippen MR) is 220 cm³/mol. The van der Waals surface area contributed by atoms with E-state index >= 15 is 0 Å². The second kappa shape index (κ2) is 13.1. The number of nitrogens with zero attached hydrogens (tertiary/aromatic N) is 1. The Morgan fingerprint density at radius 3 is 1.88 bits per heavy atom. The summed E-state index contributed by atoms with van der Waals surface area (Å²) in [5.74, 6) is 0.247. The topological polar surface area (TPSA) is 36.2 Å². The van der Waals surface area contributed by atoms with Gasteiger partial charge in [0.05, 0.1) is 10.6 Å². The molecule has 0 fully saturated rings. The summed E-state index contributed by atoms with van der Waals surface area (Å²) in [4.78, 5) is 5.84. The van der Waals surface area contributed by atoms with Crippen LogP contribution >= 0.6 is 11.3 Å². The smallest absolute Gasteiger partial charge is 0.152 e. The lowest BCUT2D eigenvalue weighted by atomic mass is 9.89. The van der Waals surface area contributed by atoms with Crippen molar-refractivity contribution >= 4 is 71.4 Å². The minimum atomic E-state index is 0.247. The first-order chi connectivity index (χ1) is 25.2. The molecule has 1 N–H and O–H groups in total. The Hall–Kier alpha value is -6.42. The van der Waals surface area contributed by atoms with Gasteiger partial charge in [-0.05, 0) is 89.8 Å². The van der Waals surface area contributed by atoms with Crippen molar-refractivity contribution in [1.29, 1.82) is 5.41 Å². The van der Waals surface area contributed by atoms with Crippen LogP contribution in [0.4, 0.5) is 0 Å². The number of fused-ring (bicyclic) bond motifs is 5. The van der Waals surface area contributed by atoms with Crippen molar-refractivity contribution in [2.45, 2.75) is 0 Å². The fourth-order valence-corrected chi connectivity index (χ4v) is 8.02. The van der Waals surface area contributed by atoms with Crippen molar-refractivity contribution in [1.82, 2.24) is 0 Å². The molecule has 51 heavy (non-hydrogen) atoms. The van der Waals surface area contributed by atoms with Crippen LogP contribution in [-0.2, 0) is 0 Å². The Balaban J connectivity index is 1.03. The third kappa shape index (κ3) is 5.94. The van der Waals surface area contributed by atoms with E-state index in [1.807, 2.05) is 36.4 Å². The van der Waals surface area contributed by atoms with Gasteiger partial charge >= 0.3 is 0 Å². The van der Waals surface area contributed by atoms with Gasteiger partial charge in [0.2, 0.25) is 0 Å². The first-order valence-corrected chi connectivity index (χ1v) is 17.9. The third-order valence-electron chi connectivity index (χ3n) is 9.58. The lowest BCUT2D eigenvalue weighted by molar-refractivity contribution is 1.42. The van der Waals surface area contributed by atoms with E-state index < -0.39 is 0 Å². The van der Waals surface area contributed by atoms with Crippen molar-refractivity contribution in [2.24, 2.45) is 4.99 Å². The summed E-state index contributed by atoms with van der Waals surface area (Å²) < 4.78 is 1.21. The first-order valence-electron chi connectivity index (χ1n) is 17.1. The van der Waals surface area contributed by atoms with Crippen molar-refractivity contribution in [2.75, 3.05) is 0 Å². The standard InChI is InChI=1S/C48H32N2S/c49-48(37-11-2-1-3-12-37)50-44(46-31-39-14-6-9-17-45(39)51-46)29-20-32-18-21-33(22-19-32)34-23-25-36(26-24-34)47-41-16-8-5-13-38(41)30-43-40-15-7-4-10-35(40)27-28-42(43)47/h1-31,49H/b29-20+,49-48?,50-44?. The van der Waals surface area contributed by atoms with Crippen molar-refractivity contribution in [3.05, 3.63) is 198 Å². The first kappa shape index (κ1) is 30.6. The molecular weight excluding hydrogens is 637 g/mol. The molecule has 0 bridgehead atoms. The highest BCUT2D eigenvalue weighted by atomic mass is 32.1. The summed E-state index contributed by atoms with van der Waals surface area (Å²) in [6, 6.07) is 62.1. The molecule has 9 aromatic rings. The van der Waals surface area contributed by atoms with E-state index in [1.54, 1.807) is 11.3 Å². The minimum Gasteiger partial charge on any atom is -0.282 e. The van der Waals surface area contributed by atoms with Gasteiger partial charge < -0.3 is 0 Å². The SMILES string of the molecule is N=C(N=C(/C=C/c1ccc(-c2ccc(-c3c4ccccc4cc4c3ccc3ccccc34)cc2)cc1)c1cc2ccccc2s1)c1ccccc1. The fraction of sp³-hybridized carbons (Fsp3) is 0. The van der Waals surface area contributed by atoms with Crippen LogP contribution < -0.4 is 0 Å². The number of allylic oxidation sites excluding steroid dienone is 1. The predicted octanol–water partition coefficient (Wildman–Crippen LogP) is 13.2. The molecule has 0 aliphatic carbocycles. The maximum Gasteiger partial charge on any atom is 0.152 e. The number of rotatable bonds is 6. The minimum absolute atomic E-state index is 0.247. The molecule has 0 saturated carbocycles. The van der Waals surface area contributed by atoms with Crippen LogP contribution in [0.5, 0.6) is 0 Å².